The molecule has 0 saturated carbocycles. The number of aliphatic hydroxyl groups excluding tert-OH is 1. The molecule has 1 fully saturated rings. The number of anilines is 1. The molecule has 5 rings (SSSR count). The van der Waals surface area contributed by atoms with Crippen LogP contribution in [0.25, 0.3) is 11.1 Å². The minimum atomic E-state index is -4.71. The number of nitrogens with one attached hydrogen (secondary N) is 1. The van der Waals surface area contributed by atoms with Crippen molar-refractivity contribution >= 4 is 23.5 Å². The highest BCUT2D eigenvalue weighted by atomic mass is 32.2. The largest absolute Gasteiger partial charge is 0.444 e. The number of rotatable bonds is 3. The molecule has 0 bridgehead atoms. The molecule has 8 nitrogen and oxygen atoms in total. The minimum absolute atomic E-state index is 0.0522. The summed E-state index contributed by atoms with van der Waals surface area (Å²) in [4.78, 5) is 18.3. The van der Waals surface area contributed by atoms with Gasteiger partial charge in [0.2, 0.25) is 0 Å². The third-order valence-corrected chi connectivity index (χ3v) is 8.94. The van der Waals surface area contributed by atoms with E-state index < -0.39 is 41.8 Å². The van der Waals surface area contributed by atoms with Crippen LogP contribution in [-0.4, -0.2) is 84.1 Å². The lowest BCUT2D eigenvalue weighted by molar-refractivity contribution is -0.137. The maximum absolute atomic E-state index is 14.8. The van der Waals surface area contributed by atoms with Crippen molar-refractivity contribution < 1.29 is 36.9 Å². The molecule has 0 aromatic heterocycles. The van der Waals surface area contributed by atoms with E-state index in [1.807, 2.05) is 11.8 Å². The third kappa shape index (κ3) is 6.07. The fourth-order valence-corrected chi connectivity index (χ4v) is 7.13. The Morgan fingerprint density at radius 3 is 2.40 bits per heavy atom. The van der Waals surface area contributed by atoms with Gasteiger partial charge in [0.25, 0.3) is 0 Å². The van der Waals surface area contributed by atoms with Crippen LogP contribution in [0.5, 0.6) is 0 Å². The molecule has 0 radical (unpaired) electrons. The Bertz CT molecular complexity index is 1320. The number of alkyl halides is 3. The van der Waals surface area contributed by atoms with Gasteiger partial charge in [0, 0.05) is 61.1 Å². The number of methoxy groups -OCH3 is 1. The van der Waals surface area contributed by atoms with Crippen LogP contribution < -0.4 is 10.2 Å². The van der Waals surface area contributed by atoms with Gasteiger partial charge in [0.15, 0.2) is 6.35 Å². The van der Waals surface area contributed by atoms with E-state index in [9.17, 15) is 27.5 Å². The molecule has 4 atom stereocenters. The summed E-state index contributed by atoms with van der Waals surface area (Å²) in [5, 5.41) is 14.5. The normalized spacial score (nSPS) is 25.2. The van der Waals surface area contributed by atoms with Gasteiger partial charge in [0.05, 0.1) is 23.5 Å². The van der Waals surface area contributed by atoms with Crippen molar-refractivity contribution in [1.29, 1.82) is 0 Å². The Balaban J connectivity index is 1.62. The number of carbonyl (C=O) groups is 1. The predicted molar refractivity (Wildman–Crippen MR) is 152 cm³/mol. The number of carbonyl (C=O) groups excluding carboxylic acids is 1. The van der Waals surface area contributed by atoms with Gasteiger partial charge in [-0.3, -0.25) is 10.2 Å². The summed E-state index contributed by atoms with van der Waals surface area (Å²) in [5.41, 5.74) is -0.460. The van der Waals surface area contributed by atoms with Crippen molar-refractivity contribution in [2.75, 3.05) is 43.9 Å². The number of hydrogen-bond donors (Lipinski definition) is 2. The maximum Gasteiger partial charge on any atom is 0.417 e. The topological polar surface area (TPSA) is 77.5 Å². The fourth-order valence-electron chi connectivity index (χ4n) is 5.79. The molecule has 2 unspecified atom stereocenters. The van der Waals surface area contributed by atoms with E-state index in [2.05, 4.69) is 5.32 Å². The van der Waals surface area contributed by atoms with Gasteiger partial charge >= 0.3 is 12.3 Å². The van der Waals surface area contributed by atoms with Crippen molar-refractivity contribution in [2.45, 2.75) is 69.0 Å². The molecule has 13 heteroatoms. The summed E-state index contributed by atoms with van der Waals surface area (Å²) >= 11 is 1.24. The second kappa shape index (κ2) is 11.5. The first kappa shape index (κ1) is 30.9. The zero-order chi connectivity index (χ0) is 30.6. The zero-order valence-corrected chi connectivity index (χ0v) is 25.0. The van der Waals surface area contributed by atoms with Gasteiger partial charge in [-0.25, -0.2) is 9.18 Å². The highest BCUT2D eigenvalue weighted by Crippen LogP contribution is 2.53. The highest BCUT2D eigenvalue weighted by Gasteiger charge is 2.46. The van der Waals surface area contributed by atoms with Crippen LogP contribution in [-0.2, 0) is 15.7 Å². The Morgan fingerprint density at radius 2 is 1.81 bits per heavy atom. The lowest BCUT2D eigenvalue weighted by atomic mass is 9.92. The van der Waals surface area contributed by atoms with Crippen LogP contribution >= 0.6 is 11.8 Å². The second-order valence-corrected chi connectivity index (χ2v) is 12.9. The van der Waals surface area contributed by atoms with Crippen molar-refractivity contribution in [1.82, 2.24) is 15.1 Å². The van der Waals surface area contributed by atoms with E-state index in [4.69, 9.17) is 9.47 Å². The molecular weight excluding hydrogens is 576 g/mol. The Labute approximate surface area is 246 Å². The molecule has 230 valence electrons. The number of ether oxygens (including phenoxy) is 2. The van der Waals surface area contributed by atoms with Crippen LogP contribution in [0, 0.1) is 5.82 Å². The third-order valence-electron chi connectivity index (χ3n) is 7.72. The van der Waals surface area contributed by atoms with Crippen molar-refractivity contribution in [3.05, 3.63) is 47.3 Å². The van der Waals surface area contributed by atoms with Crippen LogP contribution in [0.4, 0.5) is 28.0 Å². The van der Waals surface area contributed by atoms with Crippen molar-refractivity contribution in [3.63, 3.8) is 0 Å². The summed E-state index contributed by atoms with van der Waals surface area (Å²) < 4.78 is 69.3. The Hall–Kier alpha value is -2.58. The molecule has 1 amide bonds. The van der Waals surface area contributed by atoms with Gasteiger partial charge in [-0.05, 0) is 51.5 Å². The molecule has 2 aromatic rings. The number of piperazine rings is 1. The van der Waals surface area contributed by atoms with Crippen LogP contribution in [0.3, 0.4) is 0 Å². The average molecular weight is 613 g/mol. The first-order valence-corrected chi connectivity index (χ1v) is 14.8. The second-order valence-electron chi connectivity index (χ2n) is 11.8. The van der Waals surface area contributed by atoms with Crippen molar-refractivity contribution in [2.24, 2.45) is 0 Å². The molecule has 2 aromatic carbocycles. The number of thioether (sulfide) groups is 1. The van der Waals surface area contributed by atoms with Gasteiger partial charge < -0.3 is 24.4 Å². The van der Waals surface area contributed by atoms with E-state index in [0.717, 1.165) is 18.2 Å². The smallest absolute Gasteiger partial charge is 0.417 e. The van der Waals surface area contributed by atoms with Crippen LogP contribution in [0.1, 0.15) is 45.0 Å². The monoisotopic (exact) mass is 612 g/mol. The number of halogens is 4. The van der Waals surface area contributed by atoms with Gasteiger partial charge in [-0.1, -0.05) is 12.1 Å². The summed E-state index contributed by atoms with van der Waals surface area (Å²) in [5.74, 6) is -0.193. The number of benzene rings is 2. The predicted octanol–water partition coefficient (Wildman–Crippen LogP) is 5.26. The highest BCUT2D eigenvalue weighted by molar-refractivity contribution is 7.99. The first-order chi connectivity index (χ1) is 19.7. The van der Waals surface area contributed by atoms with E-state index >= 15 is 0 Å². The van der Waals surface area contributed by atoms with E-state index in [1.165, 1.54) is 31.0 Å². The molecule has 3 heterocycles. The van der Waals surface area contributed by atoms with Crippen LogP contribution in [0.2, 0.25) is 0 Å². The Morgan fingerprint density at radius 1 is 1.12 bits per heavy atom. The molecule has 42 heavy (non-hydrogen) atoms. The average Bonchev–Trinajstić information content (AvgIpc) is 3.10. The maximum atomic E-state index is 14.8. The fraction of sp³-hybridized carbons (Fsp3) is 0.552. The molecular formula is C29H36F4N4O4S. The van der Waals surface area contributed by atoms with Crippen molar-refractivity contribution in [3.8, 4) is 11.1 Å². The standard InChI is InChI=1S/C29H36F4N4O4S/c1-16-13-35(27(39)41-28(2,3)4)10-11-36(16)25-20-12-21(29(31,32)33)22(17-6-8-18(30)9-7-17)24-23(20)37(26(38)34-25)14-19(40-5)15-42-24/h6-9,12,16,19,25-26,34,38H,10-11,13-15H2,1-5H3/t16-,19+,25?,26?/m0/s1. The molecule has 0 aliphatic carbocycles. The number of aliphatic hydroxyl groups is 1. The zero-order valence-electron chi connectivity index (χ0n) is 24.2. The first-order valence-electron chi connectivity index (χ1n) is 13.8. The molecule has 0 spiro atoms. The Kier molecular flexibility index (Phi) is 8.45. The minimum Gasteiger partial charge on any atom is -0.444 e. The molecule has 1 saturated heterocycles. The van der Waals surface area contributed by atoms with Gasteiger partial charge in [-0.2, -0.15) is 13.2 Å². The summed E-state index contributed by atoms with van der Waals surface area (Å²) in [6, 6.07) is 5.86. The molecule has 3 aliphatic rings. The number of amides is 1. The van der Waals surface area contributed by atoms with Crippen LogP contribution in [0.15, 0.2) is 35.2 Å². The SMILES string of the molecule is CO[C@H]1CSc2c(-c3ccc(F)cc3)c(C(F)(F)F)cc3c2N(C1)C(O)NC3N1CCN(C(=O)OC(C)(C)C)C[C@@H]1C. The number of nitrogens with zero attached hydrogens (tertiary/aromatic N) is 3. The van der Waals surface area contributed by atoms with E-state index in [1.54, 1.807) is 30.6 Å². The lowest BCUT2D eigenvalue weighted by Crippen LogP contribution is -2.62. The number of hydrogen-bond acceptors (Lipinski definition) is 8. The van der Waals surface area contributed by atoms with E-state index in [0.29, 0.717) is 41.5 Å². The van der Waals surface area contributed by atoms with Gasteiger partial charge in [0.1, 0.15) is 11.4 Å². The summed E-state index contributed by atoms with van der Waals surface area (Å²) in [6.07, 6.45) is -7.52. The molecule has 2 N–H and O–H groups in total. The van der Waals surface area contributed by atoms with E-state index in [-0.39, 0.29) is 29.8 Å². The lowest BCUT2D eigenvalue weighted by Gasteiger charge is -2.49. The molecule has 3 aliphatic heterocycles. The quantitative estimate of drug-likeness (QED) is 0.455. The van der Waals surface area contributed by atoms with Gasteiger partial charge in [-0.15, -0.1) is 11.8 Å². The summed E-state index contributed by atoms with van der Waals surface area (Å²) in [6.45, 7) is 8.45. The summed E-state index contributed by atoms with van der Waals surface area (Å²) in [7, 11) is 1.53.